The van der Waals surface area contributed by atoms with Crippen LogP contribution in [0.2, 0.25) is 0 Å². The van der Waals surface area contributed by atoms with Gasteiger partial charge in [0.1, 0.15) is 6.61 Å². The predicted molar refractivity (Wildman–Crippen MR) is 108 cm³/mol. The highest BCUT2D eigenvalue weighted by molar-refractivity contribution is 7.16. The fourth-order valence-electron chi connectivity index (χ4n) is 2.48. The summed E-state index contributed by atoms with van der Waals surface area (Å²) in [7, 11) is 0. The van der Waals surface area contributed by atoms with Crippen LogP contribution in [0.15, 0.2) is 35.1 Å². The molecule has 152 valence electrons. The smallest absolute Gasteiger partial charge is 0.338 e. The third-order valence-corrected chi connectivity index (χ3v) is 4.69. The van der Waals surface area contributed by atoms with E-state index in [2.05, 4.69) is 20.7 Å². The number of rotatable bonds is 6. The molecule has 0 bridgehead atoms. The molecular weight excluding hydrogens is 394 g/mol. The lowest BCUT2D eigenvalue weighted by Gasteiger charge is -2.10. The minimum atomic E-state index is -0.502. The van der Waals surface area contributed by atoms with Gasteiger partial charge in [0.15, 0.2) is 5.01 Å². The van der Waals surface area contributed by atoms with Crippen LogP contribution in [0.3, 0.4) is 0 Å². The van der Waals surface area contributed by atoms with Crippen LogP contribution in [0.1, 0.15) is 40.5 Å². The summed E-state index contributed by atoms with van der Waals surface area (Å²) in [6, 6.07) is 7.96. The van der Waals surface area contributed by atoms with Gasteiger partial charge >= 0.3 is 12.0 Å². The number of fused-ring (bicyclic) bond motifs is 1. The van der Waals surface area contributed by atoms with Crippen molar-refractivity contribution >= 4 is 28.3 Å². The largest absolute Gasteiger partial charge is 0.455 e. The van der Waals surface area contributed by atoms with Crippen molar-refractivity contribution in [1.82, 2.24) is 25.2 Å². The predicted octanol–water partition coefficient (Wildman–Crippen LogP) is 2.02. The summed E-state index contributed by atoms with van der Waals surface area (Å²) in [5.41, 5.74) is 1.58. The van der Waals surface area contributed by atoms with E-state index in [-0.39, 0.29) is 24.2 Å². The molecule has 29 heavy (non-hydrogen) atoms. The zero-order valence-corrected chi connectivity index (χ0v) is 17.1. The van der Waals surface area contributed by atoms with E-state index < -0.39 is 5.97 Å². The third kappa shape index (κ3) is 5.38. The first-order valence-corrected chi connectivity index (χ1v) is 9.80. The van der Waals surface area contributed by atoms with Crippen molar-refractivity contribution in [3.05, 3.63) is 62.5 Å². The molecule has 0 atom stereocenters. The number of nitrogens with one attached hydrogen (secondary N) is 2. The molecule has 3 rings (SSSR count). The number of hydrogen-bond donors (Lipinski definition) is 2. The van der Waals surface area contributed by atoms with Crippen molar-refractivity contribution in [2.75, 3.05) is 0 Å². The summed E-state index contributed by atoms with van der Waals surface area (Å²) >= 11 is 1.20. The molecule has 2 heterocycles. The van der Waals surface area contributed by atoms with Crippen molar-refractivity contribution < 1.29 is 14.3 Å². The van der Waals surface area contributed by atoms with E-state index in [1.54, 1.807) is 31.2 Å². The van der Waals surface area contributed by atoms with Gasteiger partial charge in [0.25, 0.3) is 5.56 Å². The lowest BCUT2D eigenvalue weighted by molar-refractivity contribution is 0.0471. The number of benzene rings is 1. The Labute approximate surface area is 170 Å². The van der Waals surface area contributed by atoms with Crippen LogP contribution in [-0.4, -0.2) is 32.6 Å². The summed E-state index contributed by atoms with van der Waals surface area (Å²) in [5.74, 6) is -0.502. The fourth-order valence-corrected chi connectivity index (χ4v) is 3.34. The number of carbonyl (C=O) groups excluding carboxylic acids is 2. The number of aromatic nitrogens is 3. The Balaban J connectivity index is 1.56. The molecule has 0 unspecified atom stereocenters. The van der Waals surface area contributed by atoms with E-state index in [1.165, 1.54) is 21.9 Å². The lowest BCUT2D eigenvalue weighted by atomic mass is 10.1. The molecular formula is C19H21N5O4S. The molecule has 10 heteroatoms. The van der Waals surface area contributed by atoms with Gasteiger partial charge in [-0.1, -0.05) is 23.5 Å². The minimum absolute atomic E-state index is 0.0516. The number of esters is 1. The maximum Gasteiger partial charge on any atom is 0.338 e. The number of carbonyl (C=O) groups is 2. The maximum absolute atomic E-state index is 12.2. The summed E-state index contributed by atoms with van der Waals surface area (Å²) in [6.07, 6.45) is 0. The number of amides is 2. The monoisotopic (exact) mass is 415 g/mol. The molecule has 0 saturated carbocycles. The Kier molecular flexibility index (Phi) is 6.23. The van der Waals surface area contributed by atoms with Gasteiger partial charge in [-0.3, -0.25) is 4.79 Å². The number of hydrogen-bond acceptors (Lipinski definition) is 7. The van der Waals surface area contributed by atoms with Crippen molar-refractivity contribution in [3.8, 4) is 0 Å². The molecule has 0 aliphatic heterocycles. The first kappa shape index (κ1) is 20.5. The van der Waals surface area contributed by atoms with Crippen LogP contribution in [0.5, 0.6) is 0 Å². The first-order valence-electron chi connectivity index (χ1n) is 8.98. The Morgan fingerprint density at radius 1 is 1.24 bits per heavy atom. The average molecular weight is 415 g/mol. The van der Waals surface area contributed by atoms with Crippen molar-refractivity contribution in [1.29, 1.82) is 0 Å². The molecule has 9 nitrogen and oxygen atoms in total. The van der Waals surface area contributed by atoms with Crippen molar-refractivity contribution in [2.45, 2.75) is 40.0 Å². The van der Waals surface area contributed by atoms with Crippen molar-refractivity contribution in [2.24, 2.45) is 0 Å². The fraction of sp³-hybridized carbons (Fsp3) is 0.316. The zero-order chi connectivity index (χ0) is 21.0. The second kappa shape index (κ2) is 8.82. The highest BCUT2D eigenvalue weighted by Crippen LogP contribution is 2.14. The van der Waals surface area contributed by atoms with E-state index in [0.717, 1.165) is 5.56 Å². The van der Waals surface area contributed by atoms with Crippen LogP contribution >= 0.6 is 11.3 Å². The highest BCUT2D eigenvalue weighted by Gasteiger charge is 2.12. The van der Waals surface area contributed by atoms with Gasteiger partial charge in [0.05, 0.1) is 5.56 Å². The molecule has 2 aromatic heterocycles. The SMILES string of the molecule is Cc1cc(=O)n2nc(COC(=O)c3ccc(CNC(=O)NC(C)C)cc3)sc2n1. The van der Waals surface area contributed by atoms with Gasteiger partial charge in [-0.25, -0.2) is 14.6 Å². The number of aryl methyl sites for hydroxylation is 1. The summed E-state index contributed by atoms with van der Waals surface area (Å²) in [4.78, 5) is 40.4. The molecule has 0 aliphatic carbocycles. The van der Waals surface area contributed by atoms with Crippen LogP contribution in [-0.2, 0) is 17.9 Å². The highest BCUT2D eigenvalue weighted by atomic mass is 32.1. The Bertz CT molecular complexity index is 1090. The second-order valence-electron chi connectivity index (χ2n) is 6.68. The molecule has 0 radical (unpaired) electrons. The Morgan fingerprint density at radius 2 is 1.97 bits per heavy atom. The number of urea groups is 1. The Hall–Kier alpha value is -3.27. The molecule has 0 spiro atoms. The molecule has 1 aromatic carbocycles. The first-order chi connectivity index (χ1) is 13.8. The normalized spacial score (nSPS) is 10.9. The molecule has 0 aliphatic rings. The maximum atomic E-state index is 12.2. The number of ether oxygens (including phenoxy) is 1. The summed E-state index contributed by atoms with van der Waals surface area (Å²) in [5, 5.41) is 10.1. The molecule has 3 aromatic rings. The van der Waals surface area contributed by atoms with E-state index in [9.17, 15) is 14.4 Å². The molecule has 0 saturated heterocycles. The molecule has 2 N–H and O–H groups in total. The number of nitrogens with zero attached hydrogens (tertiary/aromatic N) is 3. The summed E-state index contributed by atoms with van der Waals surface area (Å²) in [6.45, 7) is 5.79. The van der Waals surface area contributed by atoms with E-state index in [0.29, 0.717) is 27.8 Å². The topological polar surface area (TPSA) is 115 Å². The summed E-state index contributed by atoms with van der Waals surface area (Å²) < 4.78 is 6.47. The van der Waals surface area contributed by atoms with E-state index in [4.69, 9.17) is 4.74 Å². The minimum Gasteiger partial charge on any atom is -0.455 e. The van der Waals surface area contributed by atoms with Crippen LogP contribution < -0.4 is 16.2 Å². The van der Waals surface area contributed by atoms with Crippen LogP contribution in [0.4, 0.5) is 4.79 Å². The van der Waals surface area contributed by atoms with Gasteiger partial charge in [-0.2, -0.15) is 9.61 Å². The molecule has 0 fully saturated rings. The van der Waals surface area contributed by atoms with Gasteiger partial charge in [-0.05, 0) is 38.5 Å². The zero-order valence-electron chi connectivity index (χ0n) is 16.3. The van der Waals surface area contributed by atoms with Gasteiger partial charge in [-0.15, -0.1) is 0 Å². The van der Waals surface area contributed by atoms with Crippen LogP contribution in [0, 0.1) is 6.92 Å². The third-order valence-electron chi connectivity index (χ3n) is 3.80. The van der Waals surface area contributed by atoms with E-state index >= 15 is 0 Å². The molecule has 2 amide bonds. The van der Waals surface area contributed by atoms with Crippen LogP contribution in [0.25, 0.3) is 4.96 Å². The van der Waals surface area contributed by atoms with E-state index in [1.807, 2.05) is 13.8 Å². The average Bonchev–Trinajstić information content (AvgIpc) is 3.07. The van der Waals surface area contributed by atoms with Crippen molar-refractivity contribution in [3.63, 3.8) is 0 Å². The quantitative estimate of drug-likeness (QED) is 0.595. The lowest BCUT2D eigenvalue weighted by Crippen LogP contribution is -2.39. The second-order valence-corrected chi connectivity index (χ2v) is 7.72. The van der Waals surface area contributed by atoms with Gasteiger partial charge < -0.3 is 15.4 Å². The van der Waals surface area contributed by atoms with Gasteiger partial charge in [0.2, 0.25) is 4.96 Å². The standard InChI is InChI=1S/C19H21N5O4S/c1-11(2)21-18(27)20-9-13-4-6-14(7-5-13)17(26)28-10-15-23-24-16(25)8-12(3)22-19(24)29-15/h4-8,11H,9-10H2,1-3H3,(H2,20,21,27). The van der Waals surface area contributed by atoms with Gasteiger partial charge in [0, 0.05) is 24.3 Å². The Morgan fingerprint density at radius 3 is 2.66 bits per heavy atom.